The lowest BCUT2D eigenvalue weighted by atomic mass is 9.95. The summed E-state index contributed by atoms with van der Waals surface area (Å²) in [6, 6.07) is 9.05. The Hall–Kier alpha value is -2.00. The van der Waals surface area contributed by atoms with Crippen molar-refractivity contribution in [1.29, 1.82) is 10.5 Å². The Morgan fingerprint density at radius 3 is 2.50 bits per heavy atom. The van der Waals surface area contributed by atoms with Crippen LogP contribution in [0.4, 0.5) is 0 Å². The Kier molecular flexibility index (Phi) is 1.69. The number of phenolic OH excluding ortho intramolecular Hbond substituents is 1. The average Bonchev–Trinajstić information content (AvgIpc) is 2.99. The highest BCUT2D eigenvalue weighted by Crippen LogP contribution is 2.50. The molecule has 3 heteroatoms. The largest absolute Gasteiger partial charge is 0.506 e. The molecule has 0 amide bonds. The highest BCUT2D eigenvalue weighted by Gasteiger charge is 2.46. The number of hydrogen-bond donors (Lipinski definition) is 1. The fourth-order valence-electron chi connectivity index (χ4n) is 1.59. The van der Waals surface area contributed by atoms with Gasteiger partial charge in [-0.3, -0.25) is 0 Å². The maximum atomic E-state index is 9.72. The number of phenols is 1. The van der Waals surface area contributed by atoms with Gasteiger partial charge in [0.1, 0.15) is 11.8 Å². The molecule has 0 aromatic heterocycles. The van der Waals surface area contributed by atoms with E-state index >= 15 is 0 Å². The first-order chi connectivity index (χ1) is 6.73. The molecule has 0 bridgehead atoms. The lowest BCUT2D eigenvalue weighted by Gasteiger charge is -2.08. The second-order valence-electron chi connectivity index (χ2n) is 3.51. The lowest BCUT2D eigenvalue weighted by Crippen LogP contribution is -2.03. The summed E-state index contributed by atoms with van der Waals surface area (Å²) < 4.78 is 0. The van der Waals surface area contributed by atoms with Crippen LogP contribution in [0.25, 0.3) is 0 Å². The normalized spacial score (nSPS) is 16.7. The molecule has 3 nitrogen and oxygen atoms in total. The molecule has 1 aromatic carbocycles. The van der Waals surface area contributed by atoms with Crippen molar-refractivity contribution < 1.29 is 5.11 Å². The molecule has 0 aliphatic heterocycles. The van der Waals surface area contributed by atoms with Gasteiger partial charge in [-0.1, -0.05) is 12.1 Å². The summed E-state index contributed by atoms with van der Waals surface area (Å²) in [5.41, 5.74) is 0.305. The van der Waals surface area contributed by atoms with Gasteiger partial charge >= 0.3 is 0 Å². The van der Waals surface area contributed by atoms with E-state index in [1.54, 1.807) is 18.2 Å². The Morgan fingerprint density at radius 2 is 2.00 bits per heavy atom. The third kappa shape index (κ3) is 1.03. The standard InChI is InChI=1S/C11H8N2O/c12-6-8-2-1-3-9(10(8)14)11(7-13)4-5-11/h1-3,14H,4-5H2. The van der Waals surface area contributed by atoms with Gasteiger partial charge in [0.25, 0.3) is 0 Å². The van der Waals surface area contributed by atoms with E-state index in [4.69, 9.17) is 10.5 Å². The van der Waals surface area contributed by atoms with Gasteiger partial charge in [0.2, 0.25) is 0 Å². The van der Waals surface area contributed by atoms with E-state index in [9.17, 15) is 5.11 Å². The number of nitriles is 2. The monoisotopic (exact) mass is 184 g/mol. The quantitative estimate of drug-likeness (QED) is 0.723. The number of nitrogens with zero attached hydrogens (tertiary/aromatic N) is 2. The van der Waals surface area contributed by atoms with Crippen LogP contribution in [-0.4, -0.2) is 5.11 Å². The minimum Gasteiger partial charge on any atom is -0.506 e. The zero-order valence-corrected chi connectivity index (χ0v) is 7.49. The van der Waals surface area contributed by atoms with Crippen LogP contribution in [0.3, 0.4) is 0 Å². The summed E-state index contributed by atoms with van der Waals surface area (Å²) in [4.78, 5) is 0. The van der Waals surface area contributed by atoms with Crippen LogP contribution in [0.1, 0.15) is 24.0 Å². The van der Waals surface area contributed by atoms with Gasteiger partial charge in [-0.25, -0.2) is 0 Å². The van der Waals surface area contributed by atoms with Crippen LogP contribution in [0.15, 0.2) is 18.2 Å². The third-order valence-corrected chi connectivity index (χ3v) is 2.64. The molecule has 0 saturated heterocycles. The number of rotatable bonds is 1. The molecule has 1 saturated carbocycles. The molecule has 1 aliphatic rings. The minimum atomic E-state index is -0.531. The van der Waals surface area contributed by atoms with Crippen molar-refractivity contribution >= 4 is 0 Å². The summed E-state index contributed by atoms with van der Waals surface area (Å²) in [7, 11) is 0. The summed E-state index contributed by atoms with van der Waals surface area (Å²) in [5, 5.41) is 27.4. The van der Waals surface area contributed by atoms with E-state index in [1.807, 2.05) is 6.07 Å². The van der Waals surface area contributed by atoms with Gasteiger partial charge < -0.3 is 5.11 Å². The van der Waals surface area contributed by atoms with Crippen LogP contribution in [-0.2, 0) is 5.41 Å². The van der Waals surface area contributed by atoms with Gasteiger partial charge in [0.15, 0.2) is 0 Å². The Labute approximate surface area is 81.8 Å². The first-order valence-corrected chi connectivity index (χ1v) is 4.37. The molecule has 2 rings (SSSR count). The van der Waals surface area contributed by atoms with Crippen LogP contribution in [0.2, 0.25) is 0 Å². The topological polar surface area (TPSA) is 67.8 Å². The second kappa shape index (κ2) is 2.75. The van der Waals surface area contributed by atoms with Gasteiger partial charge in [0, 0.05) is 5.56 Å². The fraction of sp³-hybridized carbons (Fsp3) is 0.273. The van der Waals surface area contributed by atoms with Gasteiger partial charge in [0.05, 0.1) is 17.0 Å². The van der Waals surface area contributed by atoms with Crippen molar-refractivity contribution in [3.8, 4) is 17.9 Å². The van der Waals surface area contributed by atoms with Crippen LogP contribution in [0.5, 0.6) is 5.75 Å². The number of para-hydroxylation sites is 1. The molecule has 1 fully saturated rings. The van der Waals surface area contributed by atoms with Crippen molar-refractivity contribution in [3.05, 3.63) is 29.3 Å². The molecule has 14 heavy (non-hydrogen) atoms. The fourth-order valence-corrected chi connectivity index (χ4v) is 1.59. The molecule has 0 spiro atoms. The first-order valence-electron chi connectivity index (χ1n) is 4.37. The van der Waals surface area contributed by atoms with E-state index in [-0.39, 0.29) is 11.3 Å². The lowest BCUT2D eigenvalue weighted by molar-refractivity contribution is 0.463. The summed E-state index contributed by atoms with van der Waals surface area (Å²) in [6.07, 6.45) is 1.54. The molecule has 0 heterocycles. The minimum absolute atomic E-state index is 0.0333. The van der Waals surface area contributed by atoms with Gasteiger partial charge in [-0.05, 0) is 18.9 Å². The van der Waals surface area contributed by atoms with Crippen molar-refractivity contribution in [2.75, 3.05) is 0 Å². The number of hydrogen-bond acceptors (Lipinski definition) is 3. The molecule has 1 N–H and O–H groups in total. The van der Waals surface area contributed by atoms with Gasteiger partial charge in [-0.2, -0.15) is 10.5 Å². The van der Waals surface area contributed by atoms with Crippen LogP contribution >= 0.6 is 0 Å². The average molecular weight is 184 g/mol. The Balaban J connectivity index is 2.57. The van der Waals surface area contributed by atoms with Crippen molar-refractivity contribution in [2.24, 2.45) is 0 Å². The summed E-state index contributed by atoms with van der Waals surface area (Å²) in [6.45, 7) is 0. The highest BCUT2D eigenvalue weighted by molar-refractivity contribution is 5.54. The van der Waals surface area contributed by atoms with Crippen molar-refractivity contribution in [2.45, 2.75) is 18.3 Å². The van der Waals surface area contributed by atoms with E-state index in [1.165, 1.54) is 0 Å². The van der Waals surface area contributed by atoms with E-state index in [2.05, 4.69) is 6.07 Å². The van der Waals surface area contributed by atoms with Crippen molar-refractivity contribution in [3.63, 3.8) is 0 Å². The van der Waals surface area contributed by atoms with E-state index in [0.29, 0.717) is 5.56 Å². The zero-order chi connectivity index (χ0) is 10.2. The molecule has 0 radical (unpaired) electrons. The maximum absolute atomic E-state index is 9.72. The Morgan fingerprint density at radius 1 is 1.29 bits per heavy atom. The predicted octanol–water partition coefficient (Wildman–Crippen LogP) is 1.82. The SMILES string of the molecule is N#Cc1cccc(C2(C#N)CC2)c1O. The molecule has 1 aromatic rings. The molecular weight excluding hydrogens is 176 g/mol. The second-order valence-corrected chi connectivity index (χ2v) is 3.51. The summed E-state index contributed by atoms with van der Waals surface area (Å²) in [5.74, 6) is -0.0333. The maximum Gasteiger partial charge on any atom is 0.138 e. The predicted molar refractivity (Wildman–Crippen MR) is 49.3 cm³/mol. The van der Waals surface area contributed by atoms with E-state index in [0.717, 1.165) is 12.8 Å². The van der Waals surface area contributed by atoms with Gasteiger partial charge in [-0.15, -0.1) is 0 Å². The molecule has 1 aliphatic carbocycles. The molecular formula is C11H8N2O. The molecule has 0 unspecified atom stereocenters. The summed E-state index contributed by atoms with van der Waals surface area (Å²) >= 11 is 0. The molecule has 68 valence electrons. The third-order valence-electron chi connectivity index (χ3n) is 2.64. The van der Waals surface area contributed by atoms with Crippen LogP contribution in [0, 0.1) is 22.7 Å². The first kappa shape index (κ1) is 8.59. The highest BCUT2D eigenvalue weighted by atomic mass is 16.3. The molecule has 0 atom stereocenters. The number of aromatic hydroxyl groups is 1. The smallest absolute Gasteiger partial charge is 0.138 e. The van der Waals surface area contributed by atoms with Crippen LogP contribution < -0.4 is 0 Å². The van der Waals surface area contributed by atoms with E-state index < -0.39 is 5.41 Å². The Bertz CT molecular complexity index is 461. The zero-order valence-electron chi connectivity index (χ0n) is 7.49. The van der Waals surface area contributed by atoms with Crippen molar-refractivity contribution in [1.82, 2.24) is 0 Å². The number of benzene rings is 1.